The number of phenolic OH excluding ortho intramolecular Hbond substituents is 1. The molecule has 21 heavy (non-hydrogen) atoms. The highest BCUT2D eigenvalue weighted by Gasteiger charge is 2.23. The predicted octanol–water partition coefficient (Wildman–Crippen LogP) is 2.80. The van der Waals surface area contributed by atoms with Gasteiger partial charge in [0.05, 0.1) is 11.7 Å². The maximum atomic E-state index is 12.7. The second-order valence-electron chi connectivity index (χ2n) is 5.50. The lowest BCUT2D eigenvalue weighted by molar-refractivity contribution is 0.0561. The molecule has 110 valence electrons. The van der Waals surface area contributed by atoms with Crippen molar-refractivity contribution in [1.82, 2.24) is 4.90 Å². The molecule has 1 atom stereocenters. The Kier molecular flexibility index (Phi) is 3.80. The first-order valence-corrected chi connectivity index (χ1v) is 7.28. The summed E-state index contributed by atoms with van der Waals surface area (Å²) in [5.41, 5.74) is 0.364. The van der Waals surface area contributed by atoms with Gasteiger partial charge in [0.2, 0.25) is 0 Å². The Morgan fingerprint density at radius 3 is 2.76 bits per heavy atom. The molecule has 4 nitrogen and oxygen atoms in total. The van der Waals surface area contributed by atoms with Crippen LogP contribution in [-0.2, 0) is 4.74 Å². The van der Waals surface area contributed by atoms with E-state index in [0.717, 1.165) is 17.2 Å². The Morgan fingerprint density at radius 1 is 1.29 bits per heavy atom. The molecule has 0 bridgehead atoms. The Balaban J connectivity index is 1.95. The van der Waals surface area contributed by atoms with Gasteiger partial charge < -0.3 is 14.7 Å². The predicted molar refractivity (Wildman–Crippen MR) is 81.5 cm³/mol. The molecule has 1 saturated heterocycles. The Hall–Kier alpha value is -2.07. The van der Waals surface area contributed by atoms with Crippen LogP contribution >= 0.6 is 0 Å². The van der Waals surface area contributed by atoms with Crippen LogP contribution < -0.4 is 0 Å². The summed E-state index contributed by atoms with van der Waals surface area (Å²) in [6.45, 7) is 3.86. The molecule has 4 heteroatoms. The molecule has 0 saturated carbocycles. The summed E-state index contributed by atoms with van der Waals surface area (Å²) in [5, 5.41) is 12.1. The highest BCUT2D eigenvalue weighted by Crippen LogP contribution is 2.26. The summed E-state index contributed by atoms with van der Waals surface area (Å²) in [6, 6.07) is 11.1. The van der Waals surface area contributed by atoms with Crippen LogP contribution in [0.25, 0.3) is 10.8 Å². The molecule has 1 N–H and O–H groups in total. The summed E-state index contributed by atoms with van der Waals surface area (Å²) in [7, 11) is 0. The van der Waals surface area contributed by atoms with E-state index in [1.54, 1.807) is 17.0 Å². The molecule has 2 aromatic carbocycles. The van der Waals surface area contributed by atoms with E-state index >= 15 is 0 Å². The summed E-state index contributed by atoms with van der Waals surface area (Å²) in [6.07, 6.45) is 0.851. The molecule has 0 spiro atoms. The minimum Gasteiger partial charge on any atom is -0.507 e. The zero-order chi connectivity index (χ0) is 14.8. The number of hydrogen-bond donors (Lipinski definition) is 1. The van der Waals surface area contributed by atoms with E-state index in [-0.39, 0.29) is 17.8 Å². The van der Waals surface area contributed by atoms with E-state index in [1.165, 1.54) is 0 Å². The molecule has 0 aliphatic carbocycles. The van der Waals surface area contributed by atoms with E-state index in [9.17, 15) is 9.90 Å². The average molecular weight is 285 g/mol. The van der Waals surface area contributed by atoms with Crippen LogP contribution in [0.2, 0.25) is 0 Å². The number of rotatable bonds is 1. The number of hydrogen-bond acceptors (Lipinski definition) is 3. The highest BCUT2D eigenvalue weighted by molar-refractivity contribution is 6.01. The van der Waals surface area contributed by atoms with Gasteiger partial charge in [-0.1, -0.05) is 24.3 Å². The molecular formula is C17H19NO3. The van der Waals surface area contributed by atoms with Crippen molar-refractivity contribution in [3.8, 4) is 5.75 Å². The van der Waals surface area contributed by atoms with E-state index in [4.69, 9.17) is 4.74 Å². The van der Waals surface area contributed by atoms with Crippen LogP contribution in [-0.4, -0.2) is 41.7 Å². The molecule has 1 aliphatic heterocycles. The second-order valence-corrected chi connectivity index (χ2v) is 5.50. The molecule has 3 rings (SSSR count). The van der Waals surface area contributed by atoms with Crippen molar-refractivity contribution in [1.29, 1.82) is 0 Å². The molecule has 1 fully saturated rings. The van der Waals surface area contributed by atoms with Gasteiger partial charge >= 0.3 is 0 Å². The number of amides is 1. The van der Waals surface area contributed by atoms with Gasteiger partial charge in [-0.25, -0.2) is 0 Å². The molecule has 2 aromatic rings. The fourth-order valence-corrected chi connectivity index (χ4v) is 2.75. The SMILES string of the molecule is C[C@@H]1CN(C(=O)c2cc3ccccc3cc2O)CCCO1. The Bertz CT molecular complexity index is 668. The first kappa shape index (κ1) is 13.9. The van der Waals surface area contributed by atoms with Gasteiger partial charge in [0, 0.05) is 19.7 Å². The topological polar surface area (TPSA) is 49.8 Å². The second kappa shape index (κ2) is 5.74. The first-order valence-electron chi connectivity index (χ1n) is 7.28. The smallest absolute Gasteiger partial charge is 0.257 e. The third-order valence-electron chi connectivity index (χ3n) is 3.83. The van der Waals surface area contributed by atoms with Gasteiger partial charge in [-0.2, -0.15) is 0 Å². The first-order chi connectivity index (χ1) is 10.1. The number of phenols is 1. The van der Waals surface area contributed by atoms with Crippen LogP contribution in [0.5, 0.6) is 5.75 Å². The zero-order valence-corrected chi connectivity index (χ0v) is 12.1. The summed E-state index contributed by atoms with van der Waals surface area (Å²) < 4.78 is 5.56. The summed E-state index contributed by atoms with van der Waals surface area (Å²) in [4.78, 5) is 14.4. The largest absolute Gasteiger partial charge is 0.507 e. The van der Waals surface area contributed by atoms with Gasteiger partial charge in [-0.05, 0) is 36.2 Å². The number of carbonyl (C=O) groups is 1. The molecule has 1 amide bonds. The maximum absolute atomic E-state index is 12.7. The molecule has 0 aromatic heterocycles. The Morgan fingerprint density at radius 2 is 2.00 bits per heavy atom. The number of fused-ring (bicyclic) bond motifs is 1. The van der Waals surface area contributed by atoms with Crippen molar-refractivity contribution in [2.75, 3.05) is 19.7 Å². The van der Waals surface area contributed by atoms with Crippen LogP contribution in [0.4, 0.5) is 0 Å². The van der Waals surface area contributed by atoms with Crippen LogP contribution in [0.1, 0.15) is 23.7 Å². The highest BCUT2D eigenvalue weighted by atomic mass is 16.5. The molecule has 0 unspecified atom stereocenters. The fraction of sp³-hybridized carbons (Fsp3) is 0.353. The zero-order valence-electron chi connectivity index (χ0n) is 12.1. The fourth-order valence-electron chi connectivity index (χ4n) is 2.75. The standard InChI is InChI=1S/C17H19NO3/c1-12-11-18(7-4-8-21-12)17(20)15-9-13-5-2-3-6-14(13)10-16(15)19/h2-3,5-6,9-10,12,19H,4,7-8,11H2,1H3/t12-/m1/s1. The van der Waals surface area contributed by atoms with Crippen LogP contribution in [0.3, 0.4) is 0 Å². The van der Waals surface area contributed by atoms with Crippen molar-refractivity contribution >= 4 is 16.7 Å². The molecular weight excluding hydrogens is 266 g/mol. The van der Waals surface area contributed by atoms with Crippen molar-refractivity contribution in [2.24, 2.45) is 0 Å². The minimum absolute atomic E-state index is 0.0269. The number of ether oxygens (including phenoxy) is 1. The molecule has 1 heterocycles. The number of benzene rings is 2. The van der Waals surface area contributed by atoms with E-state index in [1.807, 2.05) is 31.2 Å². The maximum Gasteiger partial charge on any atom is 0.257 e. The lowest BCUT2D eigenvalue weighted by Gasteiger charge is -2.22. The third-order valence-corrected chi connectivity index (χ3v) is 3.83. The summed E-state index contributed by atoms with van der Waals surface area (Å²) >= 11 is 0. The van der Waals surface area contributed by atoms with Gasteiger partial charge in [0.25, 0.3) is 5.91 Å². The van der Waals surface area contributed by atoms with Crippen molar-refractivity contribution in [3.63, 3.8) is 0 Å². The number of aromatic hydroxyl groups is 1. The van der Waals surface area contributed by atoms with E-state index in [2.05, 4.69) is 0 Å². The normalized spacial score (nSPS) is 19.5. The quantitative estimate of drug-likeness (QED) is 0.876. The van der Waals surface area contributed by atoms with Crippen LogP contribution in [0.15, 0.2) is 36.4 Å². The van der Waals surface area contributed by atoms with Gasteiger partial charge in [-0.15, -0.1) is 0 Å². The van der Waals surface area contributed by atoms with Crippen LogP contribution in [0, 0.1) is 0 Å². The number of carbonyl (C=O) groups excluding carboxylic acids is 1. The van der Waals surface area contributed by atoms with Gasteiger partial charge in [-0.3, -0.25) is 4.79 Å². The monoisotopic (exact) mass is 285 g/mol. The van der Waals surface area contributed by atoms with Crippen molar-refractivity contribution in [3.05, 3.63) is 42.0 Å². The van der Waals surface area contributed by atoms with E-state index in [0.29, 0.717) is 25.3 Å². The Labute approximate surface area is 123 Å². The molecule has 1 aliphatic rings. The van der Waals surface area contributed by atoms with Crippen molar-refractivity contribution < 1.29 is 14.6 Å². The minimum atomic E-state index is -0.129. The number of nitrogens with zero attached hydrogens (tertiary/aromatic N) is 1. The molecule has 0 radical (unpaired) electrons. The average Bonchev–Trinajstić information content (AvgIpc) is 2.70. The van der Waals surface area contributed by atoms with Crippen molar-refractivity contribution in [2.45, 2.75) is 19.4 Å². The summed E-state index contributed by atoms with van der Waals surface area (Å²) in [5.74, 6) is -0.0906. The van der Waals surface area contributed by atoms with Gasteiger partial charge in [0.1, 0.15) is 5.75 Å². The lowest BCUT2D eigenvalue weighted by Crippen LogP contribution is -2.35. The van der Waals surface area contributed by atoms with E-state index < -0.39 is 0 Å². The lowest BCUT2D eigenvalue weighted by atomic mass is 10.0. The van der Waals surface area contributed by atoms with Gasteiger partial charge in [0.15, 0.2) is 0 Å². The third kappa shape index (κ3) is 2.85.